The van der Waals surface area contributed by atoms with Crippen molar-refractivity contribution < 1.29 is 19.4 Å². The van der Waals surface area contributed by atoms with Gasteiger partial charge in [-0.1, -0.05) is 38.5 Å². The summed E-state index contributed by atoms with van der Waals surface area (Å²) < 4.78 is 11.1. The highest BCUT2D eigenvalue weighted by Crippen LogP contribution is 2.32. The molecule has 2 rings (SSSR count). The van der Waals surface area contributed by atoms with Crippen molar-refractivity contribution in [3.8, 4) is 5.75 Å². The van der Waals surface area contributed by atoms with Crippen LogP contribution in [0, 0.1) is 6.92 Å². The number of amides is 1. The first-order chi connectivity index (χ1) is 10.8. The summed E-state index contributed by atoms with van der Waals surface area (Å²) in [6.45, 7) is 9.67. The van der Waals surface area contributed by atoms with Gasteiger partial charge < -0.3 is 19.5 Å². The molecule has 0 saturated carbocycles. The summed E-state index contributed by atoms with van der Waals surface area (Å²) in [4.78, 5) is 14.1. The third-order valence-corrected chi connectivity index (χ3v) is 4.05. The Morgan fingerprint density at radius 3 is 2.83 bits per heavy atom. The van der Waals surface area contributed by atoms with Crippen LogP contribution in [-0.4, -0.2) is 54.9 Å². The van der Waals surface area contributed by atoms with Gasteiger partial charge in [0, 0.05) is 6.54 Å². The van der Waals surface area contributed by atoms with Gasteiger partial charge in [0.2, 0.25) is 0 Å². The van der Waals surface area contributed by atoms with E-state index in [2.05, 4.69) is 26.8 Å². The summed E-state index contributed by atoms with van der Waals surface area (Å²) in [5.74, 6) is 0.623. The van der Waals surface area contributed by atoms with Crippen LogP contribution in [0.25, 0.3) is 0 Å². The van der Waals surface area contributed by atoms with E-state index in [1.165, 1.54) is 5.56 Å². The Kier molecular flexibility index (Phi) is 5.65. The van der Waals surface area contributed by atoms with E-state index in [-0.39, 0.29) is 30.6 Å². The lowest BCUT2D eigenvalue weighted by atomic mass is 9.85. The number of hydrogen-bond acceptors (Lipinski definition) is 4. The zero-order chi connectivity index (χ0) is 17.0. The van der Waals surface area contributed by atoms with Crippen molar-refractivity contribution in [1.29, 1.82) is 0 Å². The Labute approximate surface area is 138 Å². The molecule has 1 fully saturated rings. The molecule has 5 nitrogen and oxygen atoms in total. The number of carbonyl (C=O) groups excluding carboxylic acids is 1. The van der Waals surface area contributed by atoms with Gasteiger partial charge in [-0.05, 0) is 24.0 Å². The average Bonchev–Trinajstić information content (AvgIpc) is 2.52. The van der Waals surface area contributed by atoms with Crippen LogP contribution in [0.4, 0.5) is 0 Å². The van der Waals surface area contributed by atoms with Crippen molar-refractivity contribution in [2.45, 2.75) is 39.2 Å². The maximum Gasteiger partial charge on any atom is 0.260 e. The molecule has 1 saturated heterocycles. The molecule has 1 amide bonds. The van der Waals surface area contributed by atoms with Gasteiger partial charge in [0.15, 0.2) is 6.61 Å². The van der Waals surface area contributed by atoms with Crippen molar-refractivity contribution >= 4 is 5.91 Å². The van der Waals surface area contributed by atoms with Crippen LogP contribution in [0.3, 0.4) is 0 Å². The second kappa shape index (κ2) is 7.32. The minimum absolute atomic E-state index is 0.0252. The maximum atomic E-state index is 12.4. The van der Waals surface area contributed by atoms with Gasteiger partial charge in [-0.2, -0.15) is 0 Å². The molecule has 1 atom stereocenters. The Balaban J connectivity index is 2.07. The van der Waals surface area contributed by atoms with E-state index in [1.807, 2.05) is 19.1 Å². The lowest BCUT2D eigenvalue weighted by molar-refractivity contribution is -0.143. The lowest BCUT2D eigenvalue weighted by Crippen LogP contribution is -2.51. The number of aliphatic hydroxyl groups is 1. The fraction of sp³-hybridized carbons (Fsp3) is 0.611. The number of morpholine rings is 1. The SMILES string of the molecule is Cc1ccc(OCC(=O)N2CCOCC2CO)c(C(C)(C)C)c1. The highest BCUT2D eigenvalue weighted by Gasteiger charge is 2.27. The number of hydrogen-bond donors (Lipinski definition) is 1. The summed E-state index contributed by atoms with van der Waals surface area (Å²) in [6, 6.07) is 5.73. The minimum atomic E-state index is -0.278. The smallest absolute Gasteiger partial charge is 0.260 e. The van der Waals surface area contributed by atoms with Gasteiger partial charge in [0.05, 0.1) is 25.9 Å². The Morgan fingerprint density at radius 2 is 2.17 bits per heavy atom. The van der Waals surface area contributed by atoms with Crippen LogP contribution in [0.15, 0.2) is 18.2 Å². The lowest BCUT2D eigenvalue weighted by Gasteiger charge is -2.34. The highest BCUT2D eigenvalue weighted by atomic mass is 16.5. The van der Waals surface area contributed by atoms with Crippen LogP contribution in [0.5, 0.6) is 5.75 Å². The van der Waals surface area contributed by atoms with Crippen molar-refractivity contribution in [1.82, 2.24) is 4.90 Å². The summed E-state index contributed by atoms with van der Waals surface area (Å²) in [5, 5.41) is 9.36. The number of benzene rings is 1. The Morgan fingerprint density at radius 1 is 1.43 bits per heavy atom. The number of aryl methyl sites for hydroxylation is 1. The topological polar surface area (TPSA) is 59.0 Å². The predicted molar refractivity (Wildman–Crippen MR) is 88.8 cm³/mol. The summed E-state index contributed by atoms with van der Waals surface area (Å²) in [7, 11) is 0. The van der Waals surface area contributed by atoms with Crippen molar-refractivity contribution in [2.75, 3.05) is 33.0 Å². The van der Waals surface area contributed by atoms with Crippen molar-refractivity contribution in [3.63, 3.8) is 0 Å². The summed E-state index contributed by atoms with van der Waals surface area (Å²) in [6.07, 6.45) is 0. The number of carbonyl (C=O) groups is 1. The second-order valence-electron chi connectivity index (χ2n) is 7.04. The van der Waals surface area contributed by atoms with Crippen LogP contribution >= 0.6 is 0 Å². The minimum Gasteiger partial charge on any atom is -0.483 e. The molecule has 5 heteroatoms. The first-order valence-electron chi connectivity index (χ1n) is 8.05. The molecule has 0 aliphatic carbocycles. The fourth-order valence-electron chi connectivity index (χ4n) is 2.71. The average molecular weight is 321 g/mol. The molecule has 1 aliphatic rings. The first-order valence-corrected chi connectivity index (χ1v) is 8.05. The molecule has 128 valence electrons. The molecule has 1 aromatic carbocycles. The van der Waals surface area contributed by atoms with E-state index in [4.69, 9.17) is 9.47 Å². The molecule has 23 heavy (non-hydrogen) atoms. The van der Waals surface area contributed by atoms with E-state index in [9.17, 15) is 9.90 Å². The van der Waals surface area contributed by atoms with Gasteiger partial charge in [-0.3, -0.25) is 4.79 Å². The standard InChI is InChI=1S/C18H27NO4/c1-13-5-6-16(15(9-13)18(2,3)4)23-12-17(21)19-7-8-22-11-14(19)10-20/h5-6,9,14,20H,7-8,10-12H2,1-4H3. The van der Waals surface area contributed by atoms with Gasteiger partial charge in [0.25, 0.3) is 5.91 Å². The Hall–Kier alpha value is -1.59. The van der Waals surface area contributed by atoms with Crippen LogP contribution in [0.2, 0.25) is 0 Å². The van der Waals surface area contributed by atoms with Gasteiger partial charge in [-0.25, -0.2) is 0 Å². The second-order valence-corrected chi connectivity index (χ2v) is 7.04. The number of nitrogens with zero attached hydrogens (tertiary/aromatic N) is 1. The van der Waals surface area contributed by atoms with E-state index in [1.54, 1.807) is 4.90 Å². The molecule has 1 N–H and O–H groups in total. The molecule has 0 bridgehead atoms. The van der Waals surface area contributed by atoms with E-state index >= 15 is 0 Å². The molecule has 0 aromatic heterocycles. The van der Waals surface area contributed by atoms with Crippen LogP contribution in [0.1, 0.15) is 31.9 Å². The van der Waals surface area contributed by atoms with Crippen molar-refractivity contribution in [2.24, 2.45) is 0 Å². The van der Waals surface area contributed by atoms with Gasteiger partial charge in [-0.15, -0.1) is 0 Å². The maximum absolute atomic E-state index is 12.4. The van der Waals surface area contributed by atoms with E-state index in [0.29, 0.717) is 19.8 Å². The molecular formula is C18H27NO4. The Bertz CT molecular complexity index is 550. The zero-order valence-corrected chi connectivity index (χ0v) is 14.5. The largest absolute Gasteiger partial charge is 0.483 e. The monoisotopic (exact) mass is 321 g/mol. The molecular weight excluding hydrogens is 294 g/mol. The molecule has 1 heterocycles. The normalized spacial score (nSPS) is 18.8. The molecule has 0 radical (unpaired) electrons. The number of rotatable bonds is 4. The first kappa shape index (κ1) is 17.8. The van der Waals surface area contributed by atoms with Gasteiger partial charge in [0.1, 0.15) is 5.75 Å². The van der Waals surface area contributed by atoms with Crippen molar-refractivity contribution in [3.05, 3.63) is 29.3 Å². The highest BCUT2D eigenvalue weighted by molar-refractivity contribution is 5.78. The third kappa shape index (κ3) is 4.45. The quantitative estimate of drug-likeness (QED) is 0.920. The summed E-state index contributed by atoms with van der Waals surface area (Å²) in [5.41, 5.74) is 2.20. The van der Waals surface area contributed by atoms with Gasteiger partial charge >= 0.3 is 0 Å². The number of ether oxygens (including phenoxy) is 2. The molecule has 1 aliphatic heterocycles. The van der Waals surface area contributed by atoms with Crippen LogP contribution in [-0.2, 0) is 14.9 Å². The van der Waals surface area contributed by atoms with Crippen LogP contribution < -0.4 is 4.74 Å². The molecule has 0 spiro atoms. The summed E-state index contributed by atoms with van der Waals surface area (Å²) >= 11 is 0. The number of aliphatic hydroxyl groups excluding tert-OH is 1. The van der Waals surface area contributed by atoms with E-state index in [0.717, 1.165) is 11.3 Å². The predicted octanol–water partition coefficient (Wildman–Crippen LogP) is 1.89. The van der Waals surface area contributed by atoms with E-state index < -0.39 is 0 Å². The third-order valence-electron chi connectivity index (χ3n) is 4.05. The molecule has 1 unspecified atom stereocenters. The molecule has 1 aromatic rings. The zero-order valence-electron chi connectivity index (χ0n) is 14.5. The fourth-order valence-corrected chi connectivity index (χ4v) is 2.71.